The highest BCUT2D eigenvalue weighted by Gasteiger charge is 2.00. The van der Waals surface area contributed by atoms with Gasteiger partial charge in [0.05, 0.1) is 0 Å². The molecule has 0 atom stereocenters. The van der Waals surface area contributed by atoms with E-state index in [1.54, 1.807) is 0 Å². The van der Waals surface area contributed by atoms with Crippen molar-refractivity contribution in [2.24, 2.45) is 0 Å². The van der Waals surface area contributed by atoms with E-state index in [9.17, 15) is 0 Å². The minimum absolute atomic E-state index is 0. The molecule has 0 radical (unpaired) electrons. The van der Waals surface area contributed by atoms with Crippen LogP contribution >= 0.6 is 20.2 Å². The summed E-state index contributed by atoms with van der Waals surface area (Å²) in [6.45, 7) is 0. The van der Waals surface area contributed by atoms with Crippen molar-refractivity contribution >= 4 is 37.6 Å². The van der Waals surface area contributed by atoms with Crippen molar-refractivity contribution in [2.45, 2.75) is 0 Å². The molecule has 0 aromatic carbocycles. The molecule has 0 aromatic heterocycles. The third kappa shape index (κ3) is 194. The van der Waals surface area contributed by atoms with Crippen molar-refractivity contribution in [1.82, 2.24) is 0 Å². The van der Waals surface area contributed by atoms with Gasteiger partial charge in [0.15, 0.2) is 17.4 Å². The average molecular weight is 164 g/mol. The van der Waals surface area contributed by atoms with Crippen LogP contribution in [0.5, 0.6) is 0 Å². The Kier molecular flexibility index (Phi) is 11.4. The number of rotatable bonds is 0. The lowest BCUT2D eigenvalue weighted by Crippen LogP contribution is -1.66. The van der Waals surface area contributed by atoms with Crippen molar-refractivity contribution in [2.75, 3.05) is 0 Å². The molecule has 0 heterocycles. The second-order valence-corrected chi connectivity index (χ2v) is 1.54. The van der Waals surface area contributed by atoms with Crippen LogP contribution in [0.15, 0.2) is 0 Å². The fraction of sp³-hybridized carbons (Fsp3) is 0. The minimum Gasteiger partial charge on any atom is -0.303 e. The summed E-state index contributed by atoms with van der Waals surface area (Å²) in [4.78, 5) is 21.6. The van der Waals surface area contributed by atoms with Crippen molar-refractivity contribution in [3.8, 4) is 0 Å². The maximum absolute atomic E-state index is 8.88. The van der Waals surface area contributed by atoms with Gasteiger partial charge in [-0.05, 0) is 0 Å². The van der Waals surface area contributed by atoms with Gasteiger partial charge in [-0.15, -0.1) is 12.4 Å². The average Bonchev–Trinajstić information content (AvgIpc) is 0.722. The molecule has 7 heavy (non-hydrogen) atoms. The molecule has 0 amide bonds. The van der Waals surface area contributed by atoms with Crippen molar-refractivity contribution < 1.29 is 19.2 Å². The minimum atomic E-state index is -4.64. The molecule has 46 valence electrons. The molecule has 0 saturated heterocycles. The summed E-state index contributed by atoms with van der Waals surface area (Å²) in [6, 6.07) is 0. The maximum atomic E-state index is 8.88. The van der Waals surface area contributed by atoms with Crippen LogP contribution in [0.25, 0.3) is 0 Å². The van der Waals surface area contributed by atoms with Crippen molar-refractivity contribution in [1.29, 1.82) is 0 Å². The Hall–Kier alpha value is 0.932. The van der Waals surface area contributed by atoms with Crippen LogP contribution in [0, 0.1) is 0 Å². The van der Waals surface area contributed by atoms with Gasteiger partial charge in [-0.1, -0.05) is 0 Å². The molecule has 0 unspecified atom stereocenters. The lowest BCUT2D eigenvalue weighted by Gasteiger charge is -1.82. The molecular weight excluding hydrogens is 157 g/mol. The molecule has 0 aliphatic heterocycles. The standard InChI is InChI=1S/Al.ClH.H3O4P.3H/c;;1-5(2,3)4;;;/h;1H;(H3,1,2,3,4);;;. The van der Waals surface area contributed by atoms with E-state index in [-0.39, 0.29) is 29.8 Å². The van der Waals surface area contributed by atoms with Crippen LogP contribution in [0.1, 0.15) is 0 Å². The van der Waals surface area contributed by atoms with Gasteiger partial charge >= 0.3 is 7.82 Å². The zero-order valence-corrected chi connectivity index (χ0v) is 4.32. The maximum Gasteiger partial charge on any atom is 0.466 e. The predicted octanol–water partition coefficient (Wildman–Crippen LogP) is -1.69. The summed E-state index contributed by atoms with van der Waals surface area (Å²) in [5, 5.41) is 0. The first-order valence-corrected chi connectivity index (χ1v) is 2.35. The Morgan fingerprint density at radius 3 is 1.14 bits per heavy atom. The Labute approximate surface area is 57.3 Å². The first-order valence-electron chi connectivity index (χ1n) is 0.783. The zero-order chi connectivity index (χ0) is 4.50. The smallest absolute Gasteiger partial charge is 0.303 e. The van der Waals surface area contributed by atoms with Gasteiger partial charge < -0.3 is 14.7 Å². The lowest BCUT2D eigenvalue weighted by molar-refractivity contribution is 0.275. The second-order valence-electron chi connectivity index (χ2n) is 0.513. The van der Waals surface area contributed by atoms with Crippen molar-refractivity contribution in [3.63, 3.8) is 0 Å². The Morgan fingerprint density at radius 2 is 1.14 bits per heavy atom. The van der Waals surface area contributed by atoms with Crippen LogP contribution in [0.2, 0.25) is 0 Å². The summed E-state index contributed by atoms with van der Waals surface area (Å²) < 4.78 is 8.88. The number of phosphoric acid groups is 1. The van der Waals surface area contributed by atoms with E-state index >= 15 is 0 Å². The summed E-state index contributed by atoms with van der Waals surface area (Å²) in [7, 11) is -4.64. The van der Waals surface area contributed by atoms with E-state index in [1.807, 2.05) is 0 Å². The highest BCUT2D eigenvalue weighted by molar-refractivity contribution is 7.45. The number of hydrogen-bond acceptors (Lipinski definition) is 1. The summed E-state index contributed by atoms with van der Waals surface area (Å²) in [5.41, 5.74) is 0. The molecule has 0 aromatic rings. The predicted molar refractivity (Wildman–Crippen MR) is 31.4 cm³/mol. The monoisotopic (exact) mass is 164 g/mol. The number of hydrogen-bond donors (Lipinski definition) is 3. The van der Waals surface area contributed by atoms with E-state index in [4.69, 9.17) is 19.2 Å². The molecule has 0 bridgehead atoms. The van der Waals surface area contributed by atoms with Gasteiger partial charge in [-0.3, -0.25) is 0 Å². The molecule has 0 rings (SSSR count). The van der Waals surface area contributed by atoms with Gasteiger partial charge in [-0.25, -0.2) is 4.57 Å². The van der Waals surface area contributed by atoms with E-state index in [0.717, 1.165) is 0 Å². The second kappa shape index (κ2) is 5.08. The quantitative estimate of drug-likeness (QED) is 0.295. The van der Waals surface area contributed by atoms with E-state index < -0.39 is 7.82 Å². The Balaban J connectivity index is -0.0000000800. The SMILES string of the molecule is Cl.O=P(O)(O)O.[AlH3]. The molecule has 0 spiro atoms. The molecular formula is H7AlClO4P. The van der Waals surface area contributed by atoms with Crippen LogP contribution in [-0.4, -0.2) is 32.0 Å². The molecule has 7 heteroatoms. The Morgan fingerprint density at radius 1 is 1.14 bits per heavy atom. The van der Waals surface area contributed by atoms with E-state index in [0.29, 0.717) is 0 Å². The van der Waals surface area contributed by atoms with Crippen LogP contribution in [0.3, 0.4) is 0 Å². The summed E-state index contributed by atoms with van der Waals surface area (Å²) in [5.74, 6) is 0. The molecule has 4 nitrogen and oxygen atoms in total. The highest BCUT2D eigenvalue weighted by Crippen LogP contribution is 2.25. The van der Waals surface area contributed by atoms with Gasteiger partial charge in [-0.2, -0.15) is 0 Å². The third-order valence-corrected chi connectivity index (χ3v) is 0. The van der Waals surface area contributed by atoms with Gasteiger partial charge in [0.25, 0.3) is 0 Å². The lowest BCUT2D eigenvalue weighted by atomic mass is 15.8. The molecule has 3 N–H and O–H groups in total. The molecule has 0 fully saturated rings. The highest BCUT2D eigenvalue weighted by atomic mass is 35.5. The first-order chi connectivity index (χ1) is 2.00. The largest absolute Gasteiger partial charge is 0.466 e. The van der Waals surface area contributed by atoms with E-state index in [2.05, 4.69) is 0 Å². The van der Waals surface area contributed by atoms with Crippen LogP contribution in [0.4, 0.5) is 0 Å². The van der Waals surface area contributed by atoms with Crippen LogP contribution in [-0.2, 0) is 4.57 Å². The summed E-state index contributed by atoms with van der Waals surface area (Å²) in [6.07, 6.45) is 0. The van der Waals surface area contributed by atoms with E-state index in [1.165, 1.54) is 0 Å². The zero-order valence-electron chi connectivity index (χ0n) is 2.61. The molecule has 0 aliphatic rings. The topological polar surface area (TPSA) is 77.8 Å². The summed E-state index contributed by atoms with van der Waals surface area (Å²) >= 11 is 0. The number of halogens is 1. The van der Waals surface area contributed by atoms with Gasteiger partial charge in [0, 0.05) is 0 Å². The van der Waals surface area contributed by atoms with Crippen LogP contribution < -0.4 is 0 Å². The Bertz CT molecular complexity index is 57.8. The molecule has 0 aliphatic carbocycles. The van der Waals surface area contributed by atoms with Gasteiger partial charge in [0.2, 0.25) is 0 Å². The van der Waals surface area contributed by atoms with Crippen molar-refractivity contribution in [3.05, 3.63) is 0 Å². The normalized spacial score (nSPS) is 8.43. The fourth-order valence-corrected chi connectivity index (χ4v) is 0. The third-order valence-electron chi connectivity index (χ3n) is 0. The first kappa shape index (κ1) is 15.7. The molecule has 0 saturated carbocycles. The fourth-order valence-electron chi connectivity index (χ4n) is 0. The van der Waals surface area contributed by atoms with Gasteiger partial charge in [0.1, 0.15) is 0 Å².